The van der Waals surface area contributed by atoms with Gasteiger partial charge in [0.1, 0.15) is 0 Å². The quantitative estimate of drug-likeness (QED) is 0.384. The molecule has 13 heavy (non-hydrogen) atoms. The summed E-state index contributed by atoms with van der Waals surface area (Å²) in [5, 5.41) is 0. The van der Waals surface area contributed by atoms with E-state index in [0.29, 0.717) is 5.92 Å². The average molecular weight is 180 g/mol. The van der Waals surface area contributed by atoms with Gasteiger partial charge in [-0.05, 0) is 6.42 Å². The van der Waals surface area contributed by atoms with Gasteiger partial charge in [0.25, 0.3) is 0 Å². The van der Waals surface area contributed by atoms with E-state index >= 15 is 0 Å². The maximum Gasteiger partial charge on any atom is 0.0171 e. The number of unbranched alkanes of at least 4 members (excludes halogenated alkanes) is 6. The highest BCUT2D eigenvalue weighted by molar-refractivity contribution is 4.89. The van der Waals surface area contributed by atoms with Crippen LogP contribution >= 0.6 is 0 Å². The first kappa shape index (κ1) is 12.6. The molecule has 0 nitrogen and oxygen atoms in total. The standard InChI is InChI=1S/C13H24/c1-4-6-7-8-9-10-11-12-13(3)5-2/h2,13H,4,6-12H2,1,3H3. The van der Waals surface area contributed by atoms with Gasteiger partial charge in [0.15, 0.2) is 0 Å². The molecule has 1 unspecified atom stereocenters. The molecule has 0 aromatic rings. The summed E-state index contributed by atoms with van der Waals surface area (Å²) < 4.78 is 0. The lowest BCUT2D eigenvalue weighted by molar-refractivity contribution is 0.544. The summed E-state index contributed by atoms with van der Waals surface area (Å²) in [6, 6.07) is 0. The van der Waals surface area contributed by atoms with Crippen LogP contribution in [0.1, 0.15) is 65.2 Å². The fraction of sp³-hybridized carbons (Fsp3) is 0.846. The highest BCUT2D eigenvalue weighted by atomic mass is 14.0. The van der Waals surface area contributed by atoms with E-state index in [9.17, 15) is 0 Å². The van der Waals surface area contributed by atoms with Gasteiger partial charge in [0, 0.05) is 5.92 Å². The van der Waals surface area contributed by atoms with Gasteiger partial charge in [-0.25, -0.2) is 0 Å². The summed E-state index contributed by atoms with van der Waals surface area (Å²) >= 11 is 0. The Morgan fingerprint density at radius 3 is 2.08 bits per heavy atom. The van der Waals surface area contributed by atoms with E-state index in [1.165, 1.54) is 51.4 Å². The van der Waals surface area contributed by atoms with Gasteiger partial charge in [-0.2, -0.15) is 0 Å². The van der Waals surface area contributed by atoms with Gasteiger partial charge >= 0.3 is 0 Å². The zero-order valence-electron chi connectivity index (χ0n) is 9.31. The van der Waals surface area contributed by atoms with Crippen LogP contribution in [0.25, 0.3) is 0 Å². The van der Waals surface area contributed by atoms with Gasteiger partial charge in [-0.15, -0.1) is 12.3 Å². The van der Waals surface area contributed by atoms with Crippen molar-refractivity contribution in [3.63, 3.8) is 0 Å². The van der Waals surface area contributed by atoms with E-state index in [4.69, 9.17) is 6.42 Å². The lowest BCUT2D eigenvalue weighted by atomic mass is 10.0. The van der Waals surface area contributed by atoms with Crippen molar-refractivity contribution in [3.8, 4) is 12.3 Å². The topological polar surface area (TPSA) is 0 Å². The number of rotatable bonds is 8. The van der Waals surface area contributed by atoms with Crippen LogP contribution in [0.4, 0.5) is 0 Å². The normalized spacial score (nSPS) is 12.4. The minimum atomic E-state index is 0.482. The second kappa shape index (κ2) is 9.65. The Bertz CT molecular complexity index is 129. The Morgan fingerprint density at radius 2 is 1.54 bits per heavy atom. The van der Waals surface area contributed by atoms with Gasteiger partial charge in [0.2, 0.25) is 0 Å². The van der Waals surface area contributed by atoms with E-state index < -0.39 is 0 Å². The molecule has 0 aliphatic rings. The highest BCUT2D eigenvalue weighted by Crippen LogP contribution is 2.11. The van der Waals surface area contributed by atoms with E-state index in [0.717, 1.165) is 0 Å². The zero-order chi connectivity index (χ0) is 9.94. The Hall–Kier alpha value is -0.440. The SMILES string of the molecule is C#CC(C)CCCCCCCCC. The Labute approximate surface area is 84.1 Å². The second-order valence-corrected chi connectivity index (χ2v) is 3.98. The Kier molecular flexibility index (Phi) is 9.32. The van der Waals surface area contributed by atoms with Crippen LogP contribution in [0, 0.1) is 18.3 Å². The summed E-state index contributed by atoms with van der Waals surface area (Å²) in [5.41, 5.74) is 0. The van der Waals surface area contributed by atoms with Crippen LogP contribution in [-0.4, -0.2) is 0 Å². The highest BCUT2D eigenvalue weighted by Gasteiger charge is 1.96. The maximum atomic E-state index is 5.30. The van der Waals surface area contributed by atoms with Crippen LogP contribution in [0.5, 0.6) is 0 Å². The Morgan fingerprint density at radius 1 is 1.00 bits per heavy atom. The predicted octanol–water partition coefficient (Wildman–Crippen LogP) is 4.40. The molecular formula is C13H24. The van der Waals surface area contributed by atoms with Gasteiger partial charge in [0.05, 0.1) is 0 Å². The first-order valence-corrected chi connectivity index (χ1v) is 5.77. The second-order valence-electron chi connectivity index (χ2n) is 3.98. The summed E-state index contributed by atoms with van der Waals surface area (Å²) in [7, 11) is 0. The molecule has 0 amide bonds. The third-order valence-corrected chi connectivity index (χ3v) is 2.53. The molecule has 0 aliphatic heterocycles. The van der Waals surface area contributed by atoms with Crippen LogP contribution in [0.15, 0.2) is 0 Å². The van der Waals surface area contributed by atoms with Crippen molar-refractivity contribution in [2.24, 2.45) is 5.92 Å². The molecular weight excluding hydrogens is 156 g/mol. The lowest BCUT2D eigenvalue weighted by Gasteiger charge is -2.03. The number of terminal acetylenes is 1. The van der Waals surface area contributed by atoms with E-state index in [1.54, 1.807) is 0 Å². The van der Waals surface area contributed by atoms with Crippen molar-refractivity contribution in [1.82, 2.24) is 0 Å². The zero-order valence-corrected chi connectivity index (χ0v) is 9.31. The third-order valence-electron chi connectivity index (χ3n) is 2.53. The van der Waals surface area contributed by atoms with Gasteiger partial charge in [-0.1, -0.05) is 58.8 Å². The molecule has 0 fully saturated rings. The van der Waals surface area contributed by atoms with Crippen molar-refractivity contribution < 1.29 is 0 Å². The third kappa shape index (κ3) is 9.47. The summed E-state index contributed by atoms with van der Waals surface area (Å²) in [6.45, 7) is 4.39. The van der Waals surface area contributed by atoms with Crippen molar-refractivity contribution in [2.45, 2.75) is 65.2 Å². The molecule has 0 saturated carbocycles. The van der Waals surface area contributed by atoms with E-state index in [-0.39, 0.29) is 0 Å². The molecule has 1 atom stereocenters. The number of hydrogen-bond donors (Lipinski definition) is 0. The van der Waals surface area contributed by atoms with Crippen molar-refractivity contribution in [2.75, 3.05) is 0 Å². The molecule has 0 bridgehead atoms. The average Bonchev–Trinajstić information content (AvgIpc) is 2.16. The fourth-order valence-electron chi connectivity index (χ4n) is 1.49. The van der Waals surface area contributed by atoms with Crippen LogP contribution in [0.2, 0.25) is 0 Å². The fourth-order valence-corrected chi connectivity index (χ4v) is 1.49. The molecule has 0 rings (SSSR count). The molecule has 0 saturated heterocycles. The van der Waals surface area contributed by atoms with Crippen molar-refractivity contribution in [3.05, 3.63) is 0 Å². The summed E-state index contributed by atoms with van der Waals surface area (Å²) in [6.07, 6.45) is 16.2. The van der Waals surface area contributed by atoms with Crippen LogP contribution < -0.4 is 0 Å². The Balaban J connectivity index is 2.96. The van der Waals surface area contributed by atoms with Gasteiger partial charge in [-0.3, -0.25) is 0 Å². The van der Waals surface area contributed by atoms with Crippen molar-refractivity contribution >= 4 is 0 Å². The monoisotopic (exact) mass is 180 g/mol. The minimum Gasteiger partial charge on any atom is -0.120 e. The van der Waals surface area contributed by atoms with Crippen LogP contribution in [-0.2, 0) is 0 Å². The summed E-state index contributed by atoms with van der Waals surface area (Å²) in [4.78, 5) is 0. The van der Waals surface area contributed by atoms with E-state index in [2.05, 4.69) is 19.8 Å². The van der Waals surface area contributed by atoms with E-state index in [1.807, 2.05) is 0 Å². The molecule has 0 aromatic heterocycles. The predicted molar refractivity (Wildman–Crippen MR) is 60.6 cm³/mol. The molecule has 0 N–H and O–H groups in total. The molecule has 0 heterocycles. The lowest BCUT2D eigenvalue weighted by Crippen LogP contribution is -1.89. The molecule has 0 radical (unpaired) electrons. The largest absolute Gasteiger partial charge is 0.120 e. The first-order chi connectivity index (χ1) is 6.31. The molecule has 0 aromatic carbocycles. The molecule has 0 heteroatoms. The first-order valence-electron chi connectivity index (χ1n) is 5.77. The minimum absolute atomic E-state index is 0.482. The van der Waals surface area contributed by atoms with Gasteiger partial charge < -0.3 is 0 Å². The molecule has 76 valence electrons. The van der Waals surface area contributed by atoms with Crippen molar-refractivity contribution in [1.29, 1.82) is 0 Å². The maximum absolute atomic E-state index is 5.30. The summed E-state index contributed by atoms with van der Waals surface area (Å²) in [5.74, 6) is 3.26. The van der Waals surface area contributed by atoms with Crippen LogP contribution in [0.3, 0.4) is 0 Å². The molecule has 0 spiro atoms. The number of hydrogen-bond acceptors (Lipinski definition) is 0. The molecule has 0 aliphatic carbocycles. The smallest absolute Gasteiger partial charge is 0.0171 e.